The van der Waals surface area contributed by atoms with E-state index in [4.69, 9.17) is 4.74 Å². The average molecular weight is 440 g/mol. The van der Waals surface area contributed by atoms with Gasteiger partial charge < -0.3 is 19.1 Å². The molecule has 4 heterocycles. The van der Waals surface area contributed by atoms with Crippen LogP contribution in [-0.2, 0) is 5.54 Å². The second-order valence-electron chi connectivity index (χ2n) is 8.76. The highest BCUT2D eigenvalue weighted by molar-refractivity contribution is 5.97. The van der Waals surface area contributed by atoms with Crippen LogP contribution >= 0.6 is 0 Å². The van der Waals surface area contributed by atoms with E-state index < -0.39 is 0 Å². The van der Waals surface area contributed by atoms with E-state index in [0.29, 0.717) is 18.7 Å². The van der Waals surface area contributed by atoms with Crippen molar-refractivity contribution in [3.63, 3.8) is 0 Å². The number of benzene rings is 2. The van der Waals surface area contributed by atoms with Gasteiger partial charge in [-0.05, 0) is 55.3 Å². The largest absolute Gasteiger partial charge is 0.497 e. The third-order valence-electron chi connectivity index (χ3n) is 7.27. The Morgan fingerprint density at radius 1 is 0.970 bits per heavy atom. The number of methoxy groups -OCH3 is 1. The molecule has 166 valence electrons. The van der Waals surface area contributed by atoms with E-state index >= 15 is 0 Å². The summed E-state index contributed by atoms with van der Waals surface area (Å²) >= 11 is 0. The Kier molecular flexibility index (Phi) is 4.40. The molecule has 0 atom stereocenters. The maximum atomic E-state index is 13.3. The zero-order chi connectivity index (χ0) is 22.6. The van der Waals surface area contributed by atoms with Crippen molar-refractivity contribution in [1.29, 1.82) is 0 Å². The Hall–Kier alpha value is -3.87. The van der Waals surface area contributed by atoms with Gasteiger partial charge in [0.05, 0.1) is 35.1 Å². The Morgan fingerprint density at radius 2 is 1.76 bits per heavy atom. The fraction of sp³-hybridized carbons (Fsp3) is 0.269. The summed E-state index contributed by atoms with van der Waals surface area (Å²) < 4.78 is 7.79. The van der Waals surface area contributed by atoms with Crippen LogP contribution in [0.4, 0.5) is 5.69 Å². The van der Waals surface area contributed by atoms with Crippen LogP contribution in [0, 0.1) is 0 Å². The first kappa shape index (κ1) is 19.8. The quantitative estimate of drug-likeness (QED) is 0.472. The van der Waals surface area contributed by atoms with Crippen molar-refractivity contribution >= 4 is 22.6 Å². The Bertz CT molecular complexity index is 1370. The molecule has 0 unspecified atom stereocenters. The number of aromatic nitrogens is 3. The summed E-state index contributed by atoms with van der Waals surface area (Å²) in [5.41, 5.74) is 5.60. The number of rotatable bonds is 2. The predicted molar refractivity (Wildman–Crippen MR) is 127 cm³/mol. The van der Waals surface area contributed by atoms with Crippen LogP contribution in [0.25, 0.3) is 16.7 Å². The molecule has 1 fully saturated rings. The van der Waals surface area contributed by atoms with Crippen LogP contribution in [0.5, 0.6) is 5.75 Å². The molecule has 2 aliphatic heterocycles. The van der Waals surface area contributed by atoms with Crippen LogP contribution in [0.15, 0.2) is 67.1 Å². The van der Waals surface area contributed by atoms with Gasteiger partial charge in [0, 0.05) is 56.1 Å². The molecule has 2 aliphatic rings. The van der Waals surface area contributed by atoms with Gasteiger partial charge in [-0.1, -0.05) is 0 Å². The first-order valence-corrected chi connectivity index (χ1v) is 11.2. The topological polar surface area (TPSA) is 63.5 Å². The van der Waals surface area contributed by atoms with Gasteiger partial charge in [0.1, 0.15) is 5.75 Å². The lowest BCUT2D eigenvalue weighted by atomic mass is 9.80. The number of carbonyl (C=O) groups excluding carboxylic acids is 1. The third-order valence-corrected chi connectivity index (χ3v) is 7.27. The van der Waals surface area contributed by atoms with Crippen LogP contribution in [-0.4, -0.2) is 52.6 Å². The number of piperidine rings is 1. The fourth-order valence-corrected chi connectivity index (χ4v) is 5.43. The number of ether oxygens (including phenoxy) is 1. The van der Waals surface area contributed by atoms with Crippen molar-refractivity contribution in [2.75, 3.05) is 32.1 Å². The molecular weight excluding hydrogens is 414 g/mol. The van der Waals surface area contributed by atoms with E-state index in [0.717, 1.165) is 41.0 Å². The monoisotopic (exact) mass is 439 g/mol. The van der Waals surface area contributed by atoms with Crippen LogP contribution in [0.1, 0.15) is 28.9 Å². The van der Waals surface area contributed by atoms with E-state index in [1.807, 2.05) is 29.2 Å². The third kappa shape index (κ3) is 2.92. The number of hydrogen-bond acceptors (Lipinski definition) is 5. The summed E-state index contributed by atoms with van der Waals surface area (Å²) in [7, 11) is 3.86. The SMILES string of the molecule is COc1ccc2c(c1)N(C)C1(CCN(C(=O)c3ccc4nccnc4c3)CC1)c1cccn1-2. The maximum Gasteiger partial charge on any atom is 0.253 e. The number of likely N-dealkylation sites (tertiary alicyclic amines) is 1. The van der Waals surface area contributed by atoms with E-state index in [-0.39, 0.29) is 11.4 Å². The van der Waals surface area contributed by atoms with Gasteiger partial charge in [0.15, 0.2) is 0 Å². The van der Waals surface area contributed by atoms with E-state index in [1.54, 1.807) is 19.5 Å². The number of amides is 1. The molecule has 1 spiro atoms. The van der Waals surface area contributed by atoms with Crippen LogP contribution in [0.3, 0.4) is 0 Å². The highest BCUT2D eigenvalue weighted by atomic mass is 16.5. The minimum Gasteiger partial charge on any atom is -0.497 e. The fourth-order valence-electron chi connectivity index (χ4n) is 5.43. The molecule has 0 radical (unpaired) electrons. The molecule has 0 saturated carbocycles. The first-order valence-electron chi connectivity index (χ1n) is 11.2. The van der Waals surface area contributed by atoms with Crippen LogP contribution < -0.4 is 9.64 Å². The number of carbonyl (C=O) groups is 1. The summed E-state index contributed by atoms with van der Waals surface area (Å²) in [6.07, 6.45) is 7.15. The van der Waals surface area contributed by atoms with E-state index in [9.17, 15) is 4.79 Å². The van der Waals surface area contributed by atoms with Gasteiger partial charge in [0.2, 0.25) is 0 Å². The van der Waals surface area contributed by atoms with Gasteiger partial charge >= 0.3 is 0 Å². The van der Waals surface area contributed by atoms with Gasteiger partial charge in [0.25, 0.3) is 5.91 Å². The lowest BCUT2D eigenvalue weighted by Gasteiger charge is -2.51. The van der Waals surface area contributed by atoms with Gasteiger partial charge in [-0.2, -0.15) is 0 Å². The van der Waals surface area contributed by atoms with Crippen molar-refractivity contribution in [3.8, 4) is 11.4 Å². The first-order chi connectivity index (χ1) is 16.1. The lowest BCUT2D eigenvalue weighted by molar-refractivity contribution is 0.0659. The molecule has 6 rings (SSSR count). The van der Waals surface area contributed by atoms with E-state index in [1.165, 1.54) is 5.69 Å². The maximum absolute atomic E-state index is 13.3. The van der Waals surface area contributed by atoms with Crippen molar-refractivity contribution in [3.05, 3.63) is 78.4 Å². The van der Waals surface area contributed by atoms with Crippen molar-refractivity contribution in [1.82, 2.24) is 19.4 Å². The molecule has 7 heteroatoms. The molecule has 2 aromatic heterocycles. The Morgan fingerprint density at radius 3 is 2.55 bits per heavy atom. The molecule has 2 aromatic carbocycles. The molecule has 7 nitrogen and oxygen atoms in total. The molecule has 0 N–H and O–H groups in total. The van der Waals surface area contributed by atoms with Crippen LogP contribution in [0.2, 0.25) is 0 Å². The second-order valence-corrected chi connectivity index (χ2v) is 8.76. The normalized spacial score (nSPS) is 16.5. The highest BCUT2D eigenvalue weighted by Crippen LogP contribution is 2.48. The zero-order valence-electron chi connectivity index (χ0n) is 18.7. The molecule has 4 aromatic rings. The molecular formula is C26H25N5O2. The van der Waals surface area contributed by atoms with Gasteiger partial charge in [-0.3, -0.25) is 14.8 Å². The summed E-state index contributed by atoms with van der Waals surface area (Å²) in [4.78, 5) is 26.3. The summed E-state index contributed by atoms with van der Waals surface area (Å²) in [6, 6.07) is 16.1. The number of nitrogens with zero attached hydrogens (tertiary/aromatic N) is 5. The Labute approximate surface area is 192 Å². The summed E-state index contributed by atoms with van der Waals surface area (Å²) in [5, 5.41) is 0. The summed E-state index contributed by atoms with van der Waals surface area (Å²) in [5.74, 6) is 0.895. The van der Waals surface area contributed by atoms with Gasteiger partial charge in [-0.15, -0.1) is 0 Å². The lowest BCUT2D eigenvalue weighted by Crippen LogP contribution is -2.55. The van der Waals surface area contributed by atoms with Crippen molar-refractivity contribution in [2.45, 2.75) is 18.4 Å². The van der Waals surface area contributed by atoms with E-state index in [2.05, 4.69) is 56.9 Å². The molecule has 0 aliphatic carbocycles. The molecule has 0 bridgehead atoms. The predicted octanol–water partition coefficient (Wildman–Crippen LogP) is 4.01. The number of hydrogen-bond donors (Lipinski definition) is 0. The standard InChI is InChI=1S/C26H25N5O2/c1-29-23-17-19(33-2)6-8-22(23)31-13-3-4-24(31)26(29)9-14-30(15-10-26)25(32)18-5-7-20-21(16-18)28-12-11-27-20/h3-8,11-13,16-17H,9-10,14-15H2,1-2H3. The minimum absolute atomic E-state index is 0.0494. The molecule has 1 amide bonds. The molecule has 1 saturated heterocycles. The average Bonchev–Trinajstić information content (AvgIpc) is 3.37. The molecule has 33 heavy (non-hydrogen) atoms. The minimum atomic E-state index is -0.172. The highest BCUT2D eigenvalue weighted by Gasteiger charge is 2.46. The Balaban J connectivity index is 1.30. The summed E-state index contributed by atoms with van der Waals surface area (Å²) in [6.45, 7) is 1.37. The van der Waals surface area contributed by atoms with Crippen molar-refractivity contribution < 1.29 is 9.53 Å². The zero-order valence-corrected chi connectivity index (χ0v) is 18.7. The van der Waals surface area contributed by atoms with Gasteiger partial charge in [-0.25, -0.2) is 0 Å². The second kappa shape index (κ2) is 7.33. The number of fused-ring (bicyclic) bond motifs is 5. The van der Waals surface area contributed by atoms with Crippen molar-refractivity contribution in [2.24, 2.45) is 0 Å². The smallest absolute Gasteiger partial charge is 0.253 e. The number of anilines is 1.